The monoisotopic (exact) mass is 333 g/mol. The maximum Gasteiger partial charge on any atom is 0.282 e. The van der Waals surface area contributed by atoms with Gasteiger partial charge in [0.05, 0.1) is 12.0 Å². The van der Waals surface area contributed by atoms with Crippen LogP contribution in [0.1, 0.15) is 0 Å². The molecule has 3 rings (SSSR count). The average Bonchev–Trinajstić information content (AvgIpc) is 2.54. The van der Waals surface area contributed by atoms with Crippen LogP contribution in [0.2, 0.25) is 5.02 Å². The first kappa shape index (κ1) is 14.9. The van der Waals surface area contributed by atoms with Crippen LogP contribution in [0.25, 0.3) is 10.2 Å². The van der Waals surface area contributed by atoms with E-state index in [9.17, 15) is 9.90 Å². The van der Waals surface area contributed by atoms with Gasteiger partial charge in [0.15, 0.2) is 5.13 Å². The zero-order chi connectivity index (χ0) is 15.5. The van der Waals surface area contributed by atoms with E-state index in [-0.39, 0.29) is 12.2 Å². The van der Waals surface area contributed by atoms with Crippen LogP contribution >= 0.6 is 22.9 Å². The molecule has 0 aliphatic heterocycles. The van der Waals surface area contributed by atoms with E-state index in [4.69, 9.17) is 11.6 Å². The molecule has 3 aromatic rings. The van der Waals surface area contributed by atoms with Crippen LogP contribution in [0.15, 0.2) is 47.4 Å². The molecule has 0 saturated heterocycles. The van der Waals surface area contributed by atoms with Gasteiger partial charge in [-0.15, -0.1) is 0 Å². The van der Waals surface area contributed by atoms with Crippen molar-refractivity contribution in [2.24, 2.45) is 0 Å². The van der Waals surface area contributed by atoms with E-state index in [1.807, 2.05) is 12.1 Å². The molecule has 1 aromatic carbocycles. The normalized spacial score (nSPS) is 10.8. The number of halogens is 1. The Morgan fingerprint density at radius 1 is 1.23 bits per heavy atom. The lowest BCUT2D eigenvalue weighted by Gasteiger charge is -2.22. The van der Waals surface area contributed by atoms with Gasteiger partial charge in [0.1, 0.15) is 4.83 Å². The van der Waals surface area contributed by atoms with Crippen LogP contribution in [0.3, 0.4) is 0 Å². The quantitative estimate of drug-likeness (QED) is 0.795. The van der Waals surface area contributed by atoms with Crippen molar-refractivity contribution in [2.45, 2.75) is 0 Å². The van der Waals surface area contributed by atoms with Gasteiger partial charge < -0.3 is 10.0 Å². The molecule has 7 heteroatoms. The third-order valence-corrected chi connectivity index (χ3v) is 4.34. The molecule has 0 aliphatic carbocycles. The van der Waals surface area contributed by atoms with Crippen molar-refractivity contribution < 1.29 is 5.11 Å². The van der Waals surface area contributed by atoms with Gasteiger partial charge in [0.2, 0.25) is 0 Å². The summed E-state index contributed by atoms with van der Waals surface area (Å²) in [5.74, 6) is 0. The fourth-order valence-electron chi connectivity index (χ4n) is 2.06. The summed E-state index contributed by atoms with van der Waals surface area (Å²) in [6.45, 7) is 0.258. The second-order valence-electron chi connectivity index (χ2n) is 4.51. The first-order chi connectivity index (χ1) is 10.7. The van der Waals surface area contributed by atoms with Crippen molar-refractivity contribution in [1.82, 2.24) is 9.97 Å². The van der Waals surface area contributed by atoms with Gasteiger partial charge >= 0.3 is 0 Å². The summed E-state index contributed by atoms with van der Waals surface area (Å²) in [5, 5.41) is 10.9. The Labute approximate surface area is 135 Å². The second-order valence-corrected chi connectivity index (χ2v) is 5.90. The summed E-state index contributed by atoms with van der Waals surface area (Å²) in [6, 6.07) is 10.6. The van der Waals surface area contributed by atoms with Gasteiger partial charge in [0.25, 0.3) is 5.56 Å². The van der Waals surface area contributed by atoms with Gasteiger partial charge in [-0.25, -0.2) is 4.98 Å². The summed E-state index contributed by atoms with van der Waals surface area (Å²) < 4.78 is 0. The fourth-order valence-corrected chi connectivity index (χ4v) is 3.18. The largest absolute Gasteiger partial charge is 0.395 e. The number of aliphatic hydroxyl groups excluding tert-OH is 1. The molecule has 0 radical (unpaired) electrons. The molecule has 22 heavy (non-hydrogen) atoms. The maximum atomic E-state index is 12.1. The van der Waals surface area contributed by atoms with E-state index in [1.54, 1.807) is 35.4 Å². The Morgan fingerprint density at radius 2 is 2.00 bits per heavy atom. The summed E-state index contributed by atoms with van der Waals surface area (Å²) in [5.41, 5.74) is 0.477. The van der Waals surface area contributed by atoms with Crippen molar-refractivity contribution in [2.75, 3.05) is 18.1 Å². The number of hydrogen-bond acceptors (Lipinski definition) is 6. The highest BCUT2D eigenvalue weighted by Gasteiger charge is 2.14. The average molecular weight is 334 g/mol. The second kappa shape index (κ2) is 6.39. The van der Waals surface area contributed by atoms with Crippen LogP contribution in [0.5, 0.6) is 0 Å². The molecule has 0 bridgehead atoms. The Kier molecular flexibility index (Phi) is 4.33. The SMILES string of the molecule is O=c1nc(N(CCO)c2ccc(Cl)cc2)sc2ncccc12. The van der Waals surface area contributed by atoms with Crippen LogP contribution in [-0.2, 0) is 0 Å². The van der Waals surface area contributed by atoms with E-state index in [0.29, 0.717) is 26.9 Å². The highest BCUT2D eigenvalue weighted by molar-refractivity contribution is 7.21. The molecule has 1 N–H and O–H groups in total. The third kappa shape index (κ3) is 2.94. The molecule has 0 atom stereocenters. The molecular formula is C15H12ClN3O2S. The third-order valence-electron chi connectivity index (χ3n) is 3.08. The number of hydrogen-bond donors (Lipinski definition) is 1. The first-order valence-electron chi connectivity index (χ1n) is 6.59. The van der Waals surface area contributed by atoms with E-state index < -0.39 is 0 Å². The molecule has 2 aromatic heterocycles. The smallest absolute Gasteiger partial charge is 0.282 e. The van der Waals surface area contributed by atoms with Gasteiger partial charge in [-0.05, 0) is 36.4 Å². The molecule has 0 amide bonds. The lowest BCUT2D eigenvalue weighted by molar-refractivity contribution is 0.305. The molecule has 5 nitrogen and oxygen atoms in total. The number of anilines is 2. The Hall–Kier alpha value is -2.02. The zero-order valence-corrected chi connectivity index (χ0v) is 13.0. The minimum atomic E-state index is -0.325. The molecule has 0 saturated carbocycles. The maximum absolute atomic E-state index is 12.1. The number of rotatable bonds is 4. The highest BCUT2D eigenvalue weighted by atomic mass is 35.5. The van der Waals surface area contributed by atoms with E-state index in [0.717, 1.165) is 5.69 Å². The van der Waals surface area contributed by atoms with Crippen molar-refractivity contribution in [3.05, 3.63) is 58.0 Å². The van der Waals surface area contributed by atoms with Gasteiger partial charge in [-0.2, -0.15) is 4.98 Å². The minimum Gasteiger partial charge on any atom is -0.395 e. The number of pyridine rings is 1. The Morgan fingerprint density at radius 3 is 2.73 bits per heavy atom. The van der Waals surface area contributed by atoms with E-state index in [1.165, 1.54) is 11.3 Å². The molecule has 0 unspecified atom stereocenters. The van der Waals surface area contributed by atoms with Crippen molar-refractivity contribution in [1.29, 1.82) is 0 Å². The topological polar surface area (TPSA) is 66.3 Å². The van der Waals surface area contributed by atoms with Crippen LogP contribution in [-0.4, -0.2) is 28.2 Å². The highest BCUT2D eigenvalue weighted by Crippen LogP contribution is 2.29. The van der Waals surface area contributed by atoms with Gasteiger partial charge in [0, 0.05) is 23.5 Å². The van der Waals surface area contributed by atoms with Crippen LogP contribution in [0.4, 0.5) is 10.8 Å². The molecule has 0 spiro atoms. The van der Waals surface area contributed by atoms with Crippen molar-refractivity contribution in [3.63, 3.8) is 0 Å². The zero-order valence-electron chi connectivity index (χ0n) is 11.4. The Balaban J connectivity index is 2.12. The summed E-state index contributed by atoms with van der Waals surface area (Å²) >= 11 is 7.21. The summed E-state index contributed by atoms with van der Waals surface area (Å²) in [4.78, 5) is 22.9. The number of aliphatic hydroxyl groups is 1. The van der Waals surface area contributed by atoms with Crippen molar-refractivity contribution >= 4 is 44.0 Å². The standard InChI is InChI=1S/C15H12ClN3O2S/c16-10-3-5-11(6-4-10)19(8-9-20)15-18-13(21)12-2-1-7-17-14(12)22-15/h1-7,20H,8-9H2. The first-order valence-corrected chi connectivity index (χ1v) is 7.78. The predicted molar refractivity (Wildman–Crippen MR) is 89.2 cm³/mol. The molecule has 112 valence electrons. The molecular weight excluding hydrogens is 322 g/mol. The van der Waals surface area contributed by atoms with Crippen molar-refractivity contribution in [3.8, 4) is 0 Å². The summed E-state index contributed by atoms with van der Waals surface area (Å²) in [6.07, 6.45) is 1.64. The van der Waals surface area contributed by atoms with E-state index in [2.05, 4.69) is 9.97 Å². The van der Waals surface area contributed by atoms with Gasteiger partial charge in [-0.3, -0.25) is 4.79 Å². The lowest BCUT2D eigenvalue weighted by Crippen LogP contribution is -2.23. The molecule has 0 aliphatic rings. The number of nitrogens with zero attached hydrogens (tertiary/aromatic N) is 3. The molecule has 2 heterocycles. The van der Waals surface area contributed by atoms with Crippen LogP contribution < -0.4 is 10.5 Å². The Bertz CT molecular complexity index is 851. The minimum absolute atomic E-state index is 0.0640. The number of fused-ring (bicyclic) bond motifs is 1. The van der Waals surface area contributed by atoms with Gasteiger partial charge in [-0.1, -0.05) is 22.9 Å². The fraction of sp³-hybridized carbons (Fsp3) is 0.133. The predicted octanol–water partition coefficient (Wildman–Crippen LogP) is 2.84. The van der Waals surface area contributed by atoms with E-state index >= 15 is 0 Å². The summed E-state index contributed by atoms with van der Waals surface area (Å²) in [7, 11) is 0. The number of aromatic nitrogens is 2. The lowest BCUT2D eigenvalue weighted by atomic mass is 10.3. The van der Waals surface area contributed by atoms with Crippen LogP contribution in [0, 0.1) is 0 Å². The number of benzene rings is 1. The molecule has 0 fully saturated rings.